The van der Waals surface area contributed by atoms with E-state index in [1.165, 1.54) is 0 Å². The zero-order chi connectivity index (χ0) is 16.1. The molecule has 23 heavy (non-hydrogen) atoms. The topological polar surface area (TPSA) is 59.0 Å². The Labute approximate surface area is 135 Å². The van der Waals surface area contributed by atoms with Crippen LogP contribution in [0.2, 0.25) is 0 Å². The van der Waals surface area contributed by atoms with E-state index in [0.717, 1.165) is 35.1 Å². The minimum atomic E-state index is -0.182. The standard InChI is InChI=1S/C18H20N4O/c1-14-10-12-20-22(14)13-5-11-19-18(23)21-17-9-4-7-15-6-2-3-8-16(15)17/h2-4,6-10,12H,5,11,13H2,1H3,(H2,19,21,23). The maximum Gasteiger partial charge on any atom is 0.319 e. The van der Waals surface area contributed by atoms with Gasteiger partial charge in [-0.3, -0.25) is 4.68 Å². The van der Waals surface area contributed by atoms with Crippen molar-refractivity contribution in [1.29, 1.82) is 0 Å². The van der Waals surface area contributed by atoms with Crippen LogP contribution in [-0.2, 0) is 6.54 Å². The van der Waals surface area contributed by atoms with Gasteiger partial charge in [0.05, 0.1) is 5.69 Å². The number of amides is 2. The van der Waals surface area contributed by atoms with Crippen molar-refractivity contribution in [3.8, 4) is 0 Å². The monoisotopic (exact) mass is 308 g/mol. The molecule has 0 fully saturated rings. The molecule has 118 valence electrons. The normalized spacial score (nSPS) is 10.7. The fourth-order valence-electron chi connectivity index (χ4n) is 2.56. The fraction of sp³-hybridized carbons (Fsp3) is 0.222. The molecule has 1 aromatic heterocycles. The summed E-state index contributed by atoms with van der Waals surface area (Å²) in [6.45, 7) is 3.43. The maximum atomic E-state index is 12.0. The highest BCUT2D eigenvalue weighted by atomic mass is 16.2. The average Bonchev–Trinajstić information content (AvgIpc) is 2.97. The number of nitrogens with one attached hydrogen (secondary N) is 2. The Bertz CT molecular complexity index is 804. The van der Waals surface area contributed by atoms with E-state index in [-0.39, 0.29) is 6.03 Å². The first-order chi connectivity index (χ1) is 11.2. The third-order valence-corrected chi connectivity index (χ3v) is 3.80. The molecule has 3 aromatic rings. The summed E-state index contributed by atoms with van der Waals surface area (Å²) in [6.07, 6.45) is 2.63. The van der Waals surface area contributed by atoms with Crippen LogP contribution in [0.4, 0.5) is 10.5 Å². The van der Waals surface area contributed by atoms with Gasteiger partial charge in [0, 0.05) is 30.4 Å². The lowest BCUT2D eigenvalue weighted by molar-refractivity contribution is 0.251. The molecular weight excluding hydrogens is 288 g/mol. The Balaban J connectivity index is 1.52. The first-order valence-corrected chi connectivity index (χ1v) is 7.75. The molecule has 0 bridgehead atoms. The first kappa shape index (κ1) is 15.1. The zero-order valence-electron chi connectivity index (χ0n) is 13.1. The average molecular weight is 308 g/mol. The van der Waals surface area contributed by atoms with Gasteiger partial charge in [-0.2, -0.15) is 5.10 Å². The second-order valence-corrected chi connectivity index (χ2v) is 5.46. The first-order valence-electron chi connectivity index (χ1n) is 7.75. The van der Waals surface area contributed by atoms with Crippen LogP contribution in [-0.4, -0.2) is 22.4 Å². The van der Waals surface area contributed by atoms with Crippen molar-refractivity contribution in [3.63, 3.8) is 0 Å². The number of hydrogen-bond acceptors (Lipinski definition) is 2. The van der Waals surface area contributed by atoms with Crippen LogP contribution in [0, 0.1) is 6.92 Å². The number of rotatable bonds is 5. The summed E-state index contributed by atoms with van der Waals surface area (Å²) < 4.78 is 1.93. The maximum absolute atomic E-state index is 12.0. The molecule has 0 unspecified atom stereocenters. The summed E-state index contributed by atoms with van der Waals surface area (Å²) in [4.78, 5) is 12.0. The van der Waals surface area contributed by atoms with Crippen molar-refractivity contribution < 1.29 is 4.79 Å². The molecule has 3 rings (SSSR count). The number of aryl methyl sites for hydroxylation is 2. The molecule has 2 amide bonds. The minimum Gasteiger partial charge on any atom is -0.338 e. The lowest BCUT2D eigenvalue weighted by Gasteiger charge is -2.10. The molecule has 0 aliphatic carbocycles. The van der Waals surface area contributed by atoms with Crippen molar-refractivity contribution in [2.24, 2.45) is 0 Å². The van der Waals surface area contributed by atoms with Crippen LogP contribution in [0.5, 0.6) is 0 Å². The van der Waals surface area contributed by atoms with E-state index in [1.807, 2.05) is 60.1 Å². The van der Waals surface area contributed by atoms with Gasteiger partial charge in [0.2, 0.25) is 0 Å². The summed E-state index contributed by atoms with van der Waals surface area (Å²) >= 11 is 0. The third-order valence-electron chi connectivity index (χ3n) is 3.80. The third kappa shape index (κ3) is 3.69. The zero-order valence-corrected chi connectivity index (χ0v) is 13.1. The van der Waals surface area contributed by atoms with Gasteiger partial charge in [0.25, 0.3) is 0 Å². The fourth-order valence-corrected chi connectivity index (χ4v) is 2.56. The Hall–Kier alpha value is -2.82. The van der Waals surface area contributed by atoms with Gasteiger partial charge >= 0.3 is 6.03 Å². The highest BCUT2D eigenvalue weighted by Crippen LogP contribution is 2.22. The van der Waals surface area contributed by atoms with E-state index < -0.39 is 0 Å². The molecular formula is C18H20N4O. The number of urea groups is 1. The predicted molar refractivity (Wildman–Crippen MR) is 92.6 cm³/mol. The van der Waals surface area contributed by atoms with Crippen LogP contribution >= 0.6 is 0 Å². The summed E-state index contributed by atoms with van der Waals surface area (Å²) in [5.74, 6) is 0. The number of hydrogen-bond donors (Lipinski definition) is 2. The van der Waals surface area contributed by atoms with Crippen molar-refractivity contribution in [1.82, 2.24) is 15.1 Å². The molecule has 0 spiro atoms. The lowest BCUT2D eigenvalue weighted by atomic mass is 10.1. The van der Waals surface area contributed by atoms with Crippen LogP contribution in [0.15, 0.2) is 54.7 Å². The Kier molecular flexibility index (Phi) is 4.57. The SMILES string of the molecule is Cc1ccnn1CCCNC(=O)Nc1cccc2ccccc12. The van der Waals surface area contributed by atoms with Gasteiger partial charge in [0.1, 0.15) is 0 Å². The van der Waals surface area contributed by atoms with Gasteiger partial charge in [0.15, 0.2) is 0 Å². The van der Waals surface area contributed by atoms with Crippen molar-refractivity contribution in [3.05, 3.63) is 60.4 Å². The molecule has 0 atom stereocenters. The summed E-state index contributed by atoms with van der Waals surface area (Å²) in [7, 11) is 0. The van der Waals surface area contributed by atoms with Crippen LogP contribution in [0.1, 0.15) is 12.1 Å². The van der Waals surface area contributed by atoms with E-state index in [0.29, 0.717) is 6.54 Å². The molecule has 0 saturated carbocycles. The van der Waals surface area contributed by atoms with Crippen LogP contribution < -0.4 is 10.6 Å². The van der Waals surface area contributed by atoms with Gasteiger partial charge in [-0.05, 0) is 30.9 Å². The van der Waals surface area contributed by atoms with Crippen molar-refractivity contribution in [2.75, 3.05) is 11.9 Å². The molecule has 2 aromatic carbocycles. The van der Waals surface area contributed by atoms with E-state index in [2.05, 4.69) is 15.7 Å². The summed E-state index contributed by atoms with van der Waals surface area (Å²) in [6, 6.07) is 15.7. The van der Waals surface area contributed by atoms with Gasteiger partial charge in [-0.25, -0.2) is 4.79 Å². The minimum absolute atomic E-state index is 0.182. The number of fused-ring (bicyclic) bond motifs is 1. The molecule has 2 N–H and O–H groups in total. The number of anilines is 1. The number of benzene rings is 2. The summed E-state index contributed by atoms with van der Waals surface area (Å²) in [5.41, 5.74) is 1.95. The highest BCUT2D eigenvalue weighted by Gasteiger charge is 2.05. The number of aromatic nitrogens is 2. The largest absolute Gasteiger partial charge is 0.338 e. The number of carbonyl (C=O) groups is 1. The molecule has 0 saturated heterocycles. The van der Waals surface area contributed by atoms with Gasteiger partial charge in [-0.1, -0.05) is 36.4 Å². The van der Waals surface area contributed by atoms with E-state index in [1.54, 1.807) is 6.20 Å². The quantitative estimate of drug-likeness (QED) is 0.708. The molecule has 5 heteroatoms. The van der Waals surface area contributed by atoms with E-state index in [9.17, 15) is 4.79 Å². The smallest absolute Gasteiger partial charge is 0.319 e. The van der Waals surface area contributed by atoms with E-state index >= 15 is 0 Å². The number of carbonyl (C=O) groups excluding carboxylic acids is 1. The highest BCUT2D eigenvalue weighted by molar-refractivity contribution is 6.01. The van der Waals surface area contributed by atoms with E-state index in [4.69, 9.17) is 0 Å². The van der Waals surface area contributed by atoms with Crippen LogP contribution in [0.3, 0.4) is 0 Å². The predicted octanol–water partition coefficient (Wildman–Crippen LogP) is 3.56. The van der Waals surface area contributed by atoms with Crippen LogP contribution in [0.25, 0.3) is 10.8 Å². The van der Waals surface area contributed by atoms with Gasteiger partial charge < -0.3 is 10.6 Å². The molecule has 1 heterocycles. The molecule has 0 aliphatic rings. The Morgan fingerprint density at radius 2 is 1.96 bits per heavy atom. The summed E-state index contributed by atoms with van der Waals surface area (Å²) in [5, 5.41) is 12.2. The second kappa shape index (κ2) is 6.96. The second-order valence-electron chi connectivity index (χ2n) is 5.46. The van der Waals surface area contributed by atoms with Gasteiger partial charge in [-0.15, -0.1) is 0 Å². The van der Waals surface area contributed by atoms with Crippen molar-refractivity contribution in [2.45, 2.75) is 19.9 Å². The molecule has 0 radical (unpaired) electrons. The molecule has 0 aliphatic heterocycles. The Morgan fingerprint density at radius 1 is 1.13 bits per heavy atom. The Morgan fingerprint density at radius 3 is 2.78 bits per heavy atom. The number of nitrogens with zero attached hydrogens (tertiary/aromatic N) is 2. The molecule has 5 nitrogen and oxygen atoms in total. The van der Waals surface area contributed by atoms with Crippen molar-refractivity contribution >= 4 is 22.5 Å². The lowest BCUT2D eigenvalue weighted by Crippen LogP contribution is -2.30.